The highest BCUT2D eigenvalue weighted by Gasteiger charge is 2.32. The normalized spacial score (nSPS) is 14.5. The Kier molecular flexibility index (Phi) is 5.69. The SMILES string of the molecule is CO/C(C(=N)c1cc(C(=O)N2CC(c3ccc(C#N)cc3)C2)ccc1C)=C(\C)N. The van der Waals surface area contributed by atoms with Gasteiger partial charge in [-0.2, -0.15) is 5.26 Å². The maximum absolute atomic E-state index is 12.9. The van der Waals surface area contributed by atoms with E-state index in [0.29, 0.717) is 41.2 Å². The number of aryl methyl sites for hydroxylation is 1. The van der Waals surface area contributed by atoms with Crippen LogP contribution >= 0.6 is 0 Å². The van der Waals surface area contributed by atoms with Crippen LogP contribution in [0.1, 0.15) is 45.5 Å². The van der Waals surface area contributed by atoms with Crippen molar-refractivity contribution in [1.29, 1.82) is 10.7 Å². The highest BCUT2D eigenvalue weighted by Crippen LogP contribution is 2.29. The zero-order valence-corrected chi connectivity index (χ0v) is 16.8. The van der Waals surface area contributed by atoms with Crippen molar-refractivity contribution in [3.05, 3.63) is 81.7 Å². The van der Waals surface area contributed by atoms with Gasteiger partial charge in [-0.05, 0) is 49.2 Å². The van der Waals surface area contributed by atoms with E-state index in [9.17, 15) is 4.79 Å². The first-order valence-electron chi connectivity index (χ1n) is 9.35. The molecule has 6 heteroatoms. The van der Waals surface area contributed by atoms with Crippen molar-refractivity contribution in [2.45, 2.75) is 19.8 Å². The lowest BCUT2D eigenvalue weighted by molar-refractivity contribution is 0.0602. The average Bonchev–Trinajstić information content (AvgIpc) is 2.67. The molecule has 1 aliphatic rings. The molecule has 2 aromatic carbocycles. The van der Waals surface area contributed by atoms with Crippen LogP contribution in [0.3, 0.4) is 0 Å². The number of nitrogens with one attached hydrogen (secondary N) is 1. The largest absolute Gasteiger partial charge is 0.493 e. The Morgan fingerprint density at radius 2 is 1.90 bits per heavy atom. The van der Waals surface area contributed by atoms with E-state index in [4.69, 9.17) is 21.1 Å². The van der Waals surface area contributed by atoms with Crippen LogP contribution in [0.15, 0.2) is 53.9 Å². The van der Waals surface area contributed by atoms with Crippen molar-refractivity contribution in [2.24, 2.45) is 5.73 Å². The topological polar surface area (TPSA) is 103 Å². The van der Waals surface area contributed by atoms with Crippen molar-refractivity contribution in [2.75, 3.05) is 20.2 Å². The number of rotatable bonds is 5. The van der Waals surface area contributed by atoms with Gasteiger partial charge in [0.2, 0.25) is 0 Å². The molecule has 0 aliphatic carbocycles. The summed E-state index contributed by atoms with van der Waals surface area (Å²) >= 11 is 0. The minimum absolute atomic E-state index is 0.0589. The molecule has 3 rings (SSSR count). The number of carbonyl (C=O) groups excluding carboxylic acids is 1. The van der Waals surface area contributed by atoms with E-state index in [1.165, 1.54) is 7.11 Å². The Bertz CT molecular complexity index is 1020. The second kappa shape index (κ2) is 8.19. The van der Waals surface area contributed by atoms with E-state index in [1.807, 2.05) is 25.1 Å². The summed E-state index contributed by atoms with van der Waals surface area (Å²) in [5.74, 6) is 0.525. The second-order valence-electron chi connectivity index (χ2n) is 7.26. The van der Waals surface area contributed by atoms with E-state index >= 15 is 0 Å². The van der Waals surface area contributed by atoms with E-state index in [2.05, 4.69) is 6.07 Å². The van der Waals surface area contributed by atoms with Gasteiger partial charge in [0.05, 0.1) is 18.7 Å². The molecule has 0 radical (unpaired) electrons. The van der Waals surface area contributed by atoms with Gasteiger partial charge in [0, 0.05) is 35.8 Å². The monoisotopic (exact) mass is 388 g/mol. The van der Waals surface area contributed by atoms with Crippen molar-refractivity contribution in [3.8, 4) is 6.07 Å². The number of allylic oxidation sites excluding steroid dienone is 2. The quantitative estimate of drug-likeness (QED) is 0.606. The van der Waals surface area contributed by atoms with Gasteiger partial charge in [0.15, 0.2) is 5.76 Å². The van der Waals surface area contributed by atoms with Crippen LogP contribution in [0.5, 0.6) is 0 Å². The predicted molar refractivity (Wildman–Crippen MR) is 112 cm³/mol. The number of carbonyl (C=O) groups is 1. The summed E-state index contributed by atoms with van der Waals surface area (Å²) in [7, 11) is 1.48. The van der Waals surface area contributed by atoms with Crippen LogP contribution in [0.25, 0.3) is 0 Å². The fourth-order valence-corrected chi connectivity index (χ4v) is 3.47. The first-order chi connectivity index (χ1) is 13.8. The molecule has 0 bridgehead atoms. The maximum Gasteiger partial charge on any atom is 0.253 e. The number of nitrogens with two attached hydrogens (primary N) is 1. The Morgan fingerprint density at radius 3 is 2.45 bits per heavy atom. The third-order valence-corrected chi connectivity index (χ3v) is 5.22. The summed E-state index contributed by atoms with van der Waals surface area (Å²) < 4.78 is 5.26. The fraction of sp³-hybridized carbons (Fsp3) is 0.261. The molecule has 1 heterocycles. The summed E-state index contributed by atoms with van der Waals surface area (Å²) in [6, 6.07) is 15.0. The number of benzene rings is 2. The zero-order valence-electron chi connectivity index (χ0n) is 16.8. The van der Waals surface area contributed by atoms with Crippen LogP contribution in [0, 0.1) is 23.7 Å². The highest BCUT2D eigenvalue weighted by atomic mass is 16.5. The summed E-state index contributed by atoms with van der Waals surface area (Å²) in [5, 5.41) is 17.3. The van der Waals surface area contributed by atoms with E-state index in [-0.39, 0.29) is 17.5 Å². The van der Waals surface area contributed by atoms with Gasteiger partial charge in [-0.25, -0.2) is 0 Å². The molecule has 0 saturated carbocycles. The number of ether oxygens (including phenoxy) is 1. The molecular formula is C23H24N4O2. The third kappa shape index (κ3) is 3.99. The smallest absolute Gasteiger partial charge is 0.253 e. The summed E-state index contributed by atoms with van der Waals surface area (Å²) in [6.07, 6.45) is 0. The molecule has 1 amide bonds. The van der Waals surface area contributed by atoms with Gasteiger partial charge in [-0.15, -0.1) is 0 Å². The predicted octanol–water partition coefficient (Wildman–Crippen LogP) is 3.31. The molecule has 0 spiro atoms. The summed E-state index contributed by atoms with van der Waals surface area (Å²) in [5.41, 5.74) is 10.2. The molecule has 29 heavy (non-hydrogen) atoms. The van der Waals surface area contributed by atoms with Crippen LogP contribution in [0.2, 0.25) is 0 Å². The van der Waals surface area contributed by atoms with Gasteiger partial charge in [0.1, 0.15) is 5.71 Å². The van der Waals surface area contributed by atoms with Gasteiger partial charge in [-0.1, -0.05) is 18.2 Å². The van der Waals surface area contributed by atoms with Crippen molar-refractivity contribution in [3.63, 3.8) is 0 Å². The lowest BCUT2D eigenvalue weighted by Gasteiger charge is -2.39. The molecule has 1 saturated heterocycles. The second-order valence-corrected chi connectivity index (χ2v) is 7.26. The fourth-order valence-electron chi connectivity index (χ4n) is 3.47. The molecule has 0 aromatic heterocycles. The third-order valence-electron chi connectivity index (χ3n) is 5.22. The van der Waals surface area contributed by atoms with Crippen molar-refractivity contribution < 1.29 is 9.53 Å². The average molecular weight is 388 g/mol. The van der Waals surface area contributed by atoms with Crippen LogP contribution < -0.4 is 5.73 Å². The van der Waals surface area contributed by atoms with E-state index in [1.54, 1.807) is 36.1 Å². The van der Waals surface area contributed by atoms with E-state index < -0.39 is 0 Å². The minimum Gasteiger partial charge on any atom is -0.493 e. The lowest BCUT2D eigenvalue weighted by Crippen LogP contribution is -2.48. The standard InChI is InChI=1S/C23H24N4O2/c1-14-4-7-18(10-20(14)21(26)22(29-3)15(2)25)23(28)27-12-19(13-27)17-8-5-16(11-24)6-9-17/h4-10,19,26H,12-13,25H2,1-3H3/b22-15+,26-21?. The number of amides is 1. The van der Waals surface area contributed by atoms with Crippen molar-refractivity contribution in [1.82, 2.24) is 4.90 Å². The summed E-state index contributed by atoms with van der Waals surface area (Å²) in [4.78, 5) is 14.7. The first-order valence-corrected chi connectivity index (χ1v) is 9.35. The molecular weight excluding hydrogens is 364 g/mol. The molecule has 2 aromatic rings. The number of hydrogen-bond acceptors (Lipinski definition) is 5. The molecule has 1 aliphatic heterocycles. The van der Waals surface area contributed by atoms with Gasteiger partial charge < -0.3 is 15.4 Å². The number of methoxy groups -OCH3 is 1. The number of nitrogens with zero attached hydrogens (tertiary/aromatic N) is 2. The molecule has 0 atom stereocenters. The number of nitriles is 1. The van der Waals surface area contributed by atoms with Gasteiger partial charge >= 0.3 is 0 Å². The van der Waals surface area contributed by atoms with Crippen LogP contribution in [-0.4, -0.2) is 36.7 Å². The zero-order chi connectivity index (χ0) is 21.1. The number of hydrogen-bond donors (Lipinski definition) is 2. The van der Waals surface area contributed by atoms with E-state index in [0.717, 1.165) is 11.1 Å². The molecule has 0 unspecified atom stereocenters. The molecule has 6 nitrogen and oxygen atoms in total. The molecule has 3 N–H and O–H groups in total. The lowest BCUT2D eigenvalue weighted by atomic mass is 9.90. The Labute approximate surface area is 170 Å². The number of likely N-dealkylation sites (tertiary alicyclic amines) is 1. The van der Waals surface area contributed by atoms with Gasteiger partial charge in [0.25, 0.3) is 5.91 Å². The van der Waals surface area contributed by atoms with Gasteiger partial charge in [-0.3, -0.25) is 10.2 Å². The Balaban J connectivity index is 1.75. The van der Waals surface area contributed by atoms with Crippen LogP contribution in [0.4, 0.5) is 0 Å². The Hall–Kier alpha value is -3.59. The Morgan fingerprint density at radius 1 is 1.24 bits per heavy atom. The minimum atomic E-state index is -0.0589. The van der Waals surface area contributed by atoms with Crippen LogP contribution in [-0.2, 0) is 4.74 Å². The molecule has 1 fully saturated rings. The first kappa shape index (κ1) is 20.2. The highest BCUT2D eigenvalue weighted by molar-refractivity contribution is 6.11. The van der Waals surface area contributed by atoms with Crippen molar-refractivity contribution >= 4 is 11.6 Å². The summed E-state index contributed by atoms with van der Waals surface area (Å²) in [6.45, 7) is 4.84. The maximum atomic E-state index is 12.9. The molecule has 148 valence electrons.